The zero-order valence-electron chi connectivity index (χ0n) is 24.8. The van der Waals surface area contributed by atoms with E-state index in [4.69, 9.17) is 14.2 Å². The third-order valence-electron chi connectivity index (χ3n) is 7.02. The van der Waals surface area contributed by atoms with Gasteiger partial charge in [0, 0.05) is 37.1 Å². The first-order valence-electron chi connectivity index (χ1n) is 13.8. The van der Waals surface area contributed by atoms with Crippen molar-refractivity contribution in [3.63, 3.8) is 0 Å². The SMILES string of the molecule is CCC(C)N(Cc1cccn1Cc1cccc(OC)c1)C(=O)CN(CC(C)C)C(=O)c1ccc(OC)cc1OC. The molecule has 3 aromatic rings. The summed E-state index contributed by atoms with van der Waals surface area (Å²) >= 11 is 0. The van der Waals surface area contributed by atoms with Gasteiger partial charge in [0.2, 0.25) is 5.91 Å². The van der Waals surface area contributed by atoms with Crippen molar-refractivity contribution in [2.45, 2.75) is 53.2 Å². The molecule has 216 valence electrons. The fraction of sp³-hybridized carbons (Fsp3) is 0.438. The van der Waals surface area contributed by atoms with Crippen LogP contribution in [0.5, 0.6) is 17.2 Å². The van der Waals surface area contributed by atoms with Gasteiger partial charge in [0.15, 0.2) is 0 Å². The topological polar surface area (TPSA) is 73.2 Å². The minimum Gasteiger partial charge on any atom is -0.497 e. The summed E-state index contributed by atoms with van der Waals surface area (Å²) in [5.41, 5.74) is 2.54. The molecule has 0 bridgehead atoms. The van der Waals surface area contributed by atoms with Crippen LogP contribution >= 0.6 is 0 Å². The van der Waals surface area contributed by atoms with Crippen molar-refractivity contribution in [1.82, 2.24) is 14.4 Å². The Balaban J connectivity index is 1.84. The average Bonchev–Trinajstić information content (AvgIpc) is 3.40. The predicted octanol–water partition coefficient (Wildman–Crippen LogP) is 5.49. The maximum atomic E-state index is 13.9. The Morgan fingerprint density at radius 3 is 2.27 bits per heavy atom. The molecule has 3 rings (SSSR count). The van der Waals surface area contributed by atoms with Crippen LogP contribution in [0, 0.1) is 5.92 Å². The molecule has 2 amide bonds. The molecule has 8 heteroatoms. The quantitative estimate of drug-likeness (QED) is 0.266. The van der Waals surface area contributed by atoms with Gasteiger partial charge in [-0.2, -0.15) is 0 Å². The summed E-state index contributed by atoms with van der Waals surface area (Å²) < 4.78 is 18.3. The van der Waals surface area contributed by atoms with E-state index in [0.717, 1.165) is 23.4 Å². The van der Waals surface area contributed by atoms with Crippen LogP contribution in [0.2, 0.25) is 0 Å². The van der Waals surface area contributed by atoms with Gasteiger partial charge in [-0.1, -0.05) is 32.9 Å². The lowest BCUT2D eigenvalue weighted by Gasteiger charge is -2.32. The van der Waals surface area contributed by atoms with E-state index in [1.807, 2.05) is 62.2 Å². The molecular formula is C32H43N3O5. The smallest absolute Gasteiger partial charge is 0.258 e. The number of carbonyl (C=O) groups is 2. The highest BCUT2D eigenvalue weighted by molar-refractivity contribution is 5.99. The Morgan fingerprint density at radius 2 is 1.62 bits per heavy atom. The lowest BCUT2D eigenvalue weighted by molar-refractivity contribution is -0.134. The number of methoxy groups -OCH3 is 3. The molecular weight excluding hydrogens is 506 g/mol. The van der Waals surface area contributed by atoms with Gasteiger partial charge in [0.05, 0.1) is 33.4 Å². The van der Waals surface area contributed by atoms with Crippen LogP contribution in [0.25, 0.3) is 0 Å². The van der Waals surface area contributed by atoms with Gasteiger partial charge < -0.3 is 28.6 Å². The monoisotopic (exact) mass is 549 g/mol. The minimum atomic E-state index is -0.243. The molecule has 0 aliphatic heterocycles. The standard InChI is InChI=1S/C32H43N3O5/c1-8-24(4)35(21-26-12-10-16-33(26)20-25-11-9-13-27(17-25)38-5)31(36)22-34(19-23(2)3)32(37)29-15-14-28(39-6)18-30(29)40-7/h9-18,23-24H,8,19-22H2,1-7H3. The Kier molecular flexibility index (Phi) is 11.1. The first-order chi connectivity index (χ1) is 19.2. The molecule has 1 unspecified atom stereocenters. The normalized spacial score (nSPS) is 11.7. The maximum Gasteiger partial charge on any atom is 0.258 e. The molecule has 0 aliphatic rings. The second kappa shape index (κ2) is 14.4. The fourth-order valence-corrected chi connectivity index (χ4v) is 4.66. The lowest BCUT2D eigenvalue weighted by Crippen LogP contribution is -2.47. The third-order valence-corrected chi connectivity index (χ3v) is 7.02. The van der Waals surface area contributed by atoms with Crippen molar-refractivity contribution in [3.05, 3.63) is 77.6 Å². The van der Waals surface area contributed by atoms with E-state index in [1.165, 1.54) is 7.11 Å². The molecule has 1 aromatic heterocycles. The molecule has 0 radical (unpaired) electrons. The number of carbonyl (C=O) groups excluding carboxylic acids is 2. The van der Waals surface area contributed by atoms with Crippen molar-refractivity contribution in [2.24, 2.45) is 5.92 Å². The Hall–Kier alpha value is -3.94. The van der Waals surface area contributed by atoms with Gasteiger partial charge in [0.1, 0.15) is 23.8 Å². The molecule has 8 nitrogen and oxygen atoms in total. The largest absolute Gasteiger partial charge is 0.497 e. The summed E-state index contributed by atoms with van der Waals surface area (Å²) in [6.45, 7) is 9.72. The van der Waals surface area contributed by atoms with Crippen LogP contribution in [-0.2, 0) is 17.9 Å². The lowest BCUT2D eigenvalue weighted by atomic mass is 10.1. The molecule has 1 atom stereocenters. The van der Waals surface area contributed by atoms with Crippen molar-refractivity contribution >= 4 is 11.8 Å². The number of nitrogens with zero attached hydrogens (tertiary/aromatic N) is 3. The first-order valence-corrected chi connectivity index (χ1v) is 13.8. The van der Waals surface area contributed by atoms with Crippen molar-refractivity contribution in [1.29, 1.82) is 0 Å². The summed E-state index contributed by atoms with van der Waals surface area (Å²) in [6.07, 6.45) is 2.82. The van der Waals surface area contributed by atoms with Crippen LogP contribution in [0.15, 0.2) is 60.8 Å². The molecule has 0 spiro atoms. The van der Waals surface area contributed by atoms with Crippen molar-refractivity contribution < 1.29 is 23.8 Å². The number of ether oxygens (including phenoxy) is 3. The summed E-state index contributed by atoms with van der Waals surface area (Å²) in [6, 6.07) is 17.1. The molecule has 2 aromatic carbocycles. The highest BCUT2D eigenvalue weighted by Gasteiger charge is 2.27. The molecule has 0 saturated heterocycles. The second-order valence-corrected chi connectivity index (χ2v) is 10.4. The summed E-state index contributed by atoms with van der Waals surface area (Å²) in [5.74, 6) is 1.67. The molecule has 0 saturated carbocycles. The number of hydrogen-bond donors (Lipinski definition) is 0. The predicted molar refractivity (Wildman–Crippen MR) is 157 cm³/mol. The van der Waals surface area contributed by atoms with E-state index >= 15 is 0 Å². The number of aromatic nitrogens is 1. The average molecular weight is 550 g/mol. The molecule has 1 heterocycles. The zero-order chi connectivity index (χ0) is 29.2. The summed E-state index contributed by atoms with van der Waals surface area (Å²) in [4.78, 5) is 31.1. The molecule has 0 N–H and O–H groups in total. The van der Waals surface area contributed by atoms with Gasteiger partial charge in [-0.25, -0.2) is 0 Å². The highest BCUT2D eigenvalue weighted by Crippen LogP contribution is 2.26. The zero-order valence-corrected chi connectivity index (χ0v) is 24.8. The highest BCUT2D eigenvalue weighted by atomic mass is 16.5. The van der Waals surface area contributed by atoms with E-state index < -0.39 is 0 Å². The van der Waals surface area contributed by atoms with Crippen molar-refractivity contribution in [2.75, 3.05) is 34.4 Å². The third kappa shape index (κ3) is 7.81. The number of benzene rings is 2. The Morgan fingerprint density at radius 1 is 0.900 bits per heavy atom. The van der Waals surface area contributed by atoms with E-state index in [2.05, 4.69) is 17.6 Å². The molecule has 40 heavy (non-hydrogen) atoms. The second-order valence-electron chi connectivity index (χ2n) is 10.4. The Bertz CT molecular complexity index is 1270. The maximum absolute atomic E-state index is 13.9. The first kappa shape index (κ1) is 30.6. The number of rotatable bonds is 14. The van der Waals surface area contributed by atoms with Crippen molar-refractivity contribution in [3.8, 4) is 17.2 Å². The van der Waals surface area contributed by atoms with Crippen LogP contribution in [0.3, 0.4) is 0 Å². The Labute approximate surface area is 238 Å². The van der Waals surface area contributed by atoms with E-state index in [-0.39, 0.29) is 30.3 Å². The van der Waals surface area contributed by atoms with Crippen LogP contribution in [-0.4, -0.2) is 66.6 Å². The minimum absolute atomic E-state index is 0.000746. The van der Waals surface area contributed by atoms with Gasteiger partial charge in [-0.3, -0.25) is 9.59 Å². The number of hydrogen-bond acceptors (Lipinski definition) is 5. The molecule has 0 aliphatic carbocycles. The molecule has 0 fully saturated rings. The van der Waals surface area contributed by atoms with Gasteiger partial charge in [0.25, 0.3) is 5.91 Å². The summed E-state index contributed by atoms with van der Waals surface area (Å²) in [7, 11) is 4.75. The van der Waals surface area contributed by atoms with Gasteiger partial charge in [-0.15, -0.1) is 0 Å². The van der Waals surface area contributed by atoms with Crippen LogP contribution in [0.4, 0.5) is 0 Å². The van der Waals surface area contributed by atoms with Gasteiger partial charge >= 0.3 is 0 Å². The summed E-state index contributed by atoms with van der Waals surface area (Å²) in [5, 5.41) is 0. The van der Waals surface area contributed by atoms with E-state index in [1.54, 1.807) is 37.3 Å². The number of amides is 2. The van der Waals surface area contributed by atoms with Crippen LogP contribution < -0.4 is 14.2 Å². The van der Waals surface area contributed by atoms with E-state index in [9.17, 15) is 9.59 Å². The fourth-order valence-electron chi connectivity index (χ4n) is 4.66. The van der Waals surface area contributed by atoms with Crippen LogP contribution in [0.1, 0.15) is 55.7 Å². The van der Waals surface area contributed by atoms with E-state index in [0.29, 0.717) is 36.7 Å². The van der Waals surface area contributed by atoms with Gasteiger partial charge in [-0.05, 0) is 61.2 Å².